The lowest BCUT2D eigenvalue weighted by atomic mass is 10.2. The number of carbonyl (C=O) groups is 1. The van der Waals surface area contributed by atoms with E-state index in [0.717, 1.165) is 17.7 Å². The minimum Gasteiger partial charge on any atom is -0.406 e. The van der Waals surface area contributed by atoms with E-state index in [-0.39, 0.29) is 12.0 Å². The molecule has 0 aliphatic carbocycles. The molecule has 1 aromatic rings. The van der Waals surface area contributed by atoms with Gasteiger partial charge in [-0.1, -0.05) is 18.2 Å². The summed E-state index contributed by atoms with van der Waals surface area (Å²) in [6.45, 7) is 0. The van der Waals surface area contributed by atoms with Gasteiger partial charge in [-0.05, 0) is 30.6 Å². The van der Waals surface area contributed by atoms with Crippen molar-refractivity contribution < 1.29 is 9.53 Å². The molecular formula is C12H13NO2S. The summed E-state index contributed by atoms with van der Waals surface area (Å²) in [4.78, 5) is 15.8. The van der Waals surface area contributed by atoms with Crippen LogP contribution in [-0.2, 0) is 9.53 Å². The van der Waals surface area contributed by atoms with E-state index in [1.165, 1.54) is 0 Å². The lowest BCUT2D eigenvalue weighted by molar-refractivity contribution is -0.134. The maximum absolute atomic E-state index is 11.5. The predicted octanol–water partition coefficient (Wildman–Crippen LogP) is 2.11. The molecule has 0 spiro atoms. The van der Waals surface area contributed by atoms with Gasteiger partial charge in [0.1, 0.15) is 0 Å². The minimum absolute atomic E-state index is 0.229. The Morgan fingerprint density at radius 2 is 2.12 bits per heavy atom. The van der Waals surface area contributed by atoms with Crippen molar-refractivity contribution in [2.24, 2.45) is 4.99 Å². The molecule has 3 nitrogen and oxygen atoms in total. The third kappa shape index (κ3) is 2.44. The summed E-state index contributed by atoms with van der Waals surface area (Å²) in [7, 11) is 0. The Balaban J connectivity index is 2.10. The van der Waals surface area contributed by atoms with E-state index < -0.39 is 0 Å². The lowest BCUT2D eigenvalue weighted by Gasteiger charge is -1.99. The monoisotopic (exact) mass is 235 g/mol. The molecular weight excluding hydrogens is 222 g/mol. The summed E-state index contributed by atoms with van der Waals surface area (Å²) in [6.07, 6.45) is 2.76. The van der Waals surface area contributed by atoms with Crippen LogP contribution in [0.2, 0.25) is 0 Å². The van der Waals surface area contributed by atoms with Crippen LogP contribution in [0.5, 0.6) is 0 Å². The number of hydrogen-bond donors (Lipinski definition) is 0. The van der Waals surface area contributed by atoms with E-state index in [1.807, 2.05) is 36.6 Å². The number of nitrogens with zero attached hydrogens (tertiary/aromatic N) is 1. The zero-order valence-corrected chi connectivity index (χ0v) is 9.87. The second kappa shape index (κ2) is 5.16. The van der Waals surface area contributed by atoms with Gasteiger partial charge in [0.2, 0.25) is 5.90 Å². The molecule has 1 aliphatic heterocycles. The van der Waals surface area contributed by atoms with Crippen molar-refractivity contribution in [2.45, 2.75) is 12.5 Å². The van der Waals surface area contributed by atoms with Crippen molar-refractivity contribution in [2.75, 3.05) is 12.0 Å². The SMILES string of the molecule is CSCC[C@H]1N=C(c2ccccc2)OC1=O. The van der Waals surface area contributed by atoms with E-state index in [9.17, 15) is 4.79 Å². The van der Waals surface area contributed by atoms with Crippen LogP contribution in [0.25, 0.3) is 0 Å². The van der Waals surface area contributed by atoms with Crippen LogP contribution in [-0.4, -0.2) is 29.9 Å². The summed E-state index contributed by atoms with van der Waals surface area (Å²) in [5, 5.41) is 0. The molecule has 2 rings (SSSR count). The maximum Gasteiger partial charge on any atom is 0.337 e. The Morgan fingerprint density at radius 1 is 1.38 bits per heavy atom. The molecule has 0 bridgehead atoms. The highest BCUT2D eigenvalue weighted by Crippen LogP contribution is 2.16. The number of esters is 1. The van der Waals surface area contributed by atoms with Crippen LogP contribution >= 0.6 is 11.8 Å². The number of cyclic esters (lactones) is 1. The molecule has 0 amide bonds. The van der Waals surface area contributed by atoms with Crippen molar-refractivity contribution in [1.29, 1.82) is 0 Å². The molecule has 1 heterocycles. The number of carbonyl (C=O) groups excluding carboxylic acids is 1. The standard InChI is InChI=1S/C12H13NO2S/c1-16-8-7-10-12(14)15-11(13-10)9-5-3-2-4-6-9/h2-6,10H,7-8H2,1H3/t10-/m1/s1. The highest BCUT2D eigenvalue weighted by molar-refractivity contribution is 7.98. The first kappa shape index (κ1) is 11.2. The van der Waals surface area contributed by atoms with E-state index >= 15 is 0 Å². The third-order valence-electron chi connectivity index (χ3n) is 2.36. The van der Waals surface area contributed by atoms with E-state index in [4.69, 9.17) is 4.74 Å². The van der Waals surface area contributed by atoms with Gasteiger partial charge in [-0.25, -0.2) is 9.79 Å². The quantitative estimate of drug-likeness (QED) is 0.750. The van der Waals surface area contributed by atoms with Gasteiger partial charge in [-0.2, -0.15) is 11.8 Å². The largest absolute Gasteiger partial charge is 0.406 e. The number of ether oxygens (including phenoxy) is 1. The molecule has 0 radical (unpaired) electrons. The minimum atomic E-state index is -0.317. The van der Waals surface area contributed by atoms with Gasteiger partial charge in [-0.15, -0.1) is 0 Å². The average molecular weight is 235 g/mol. The van der Waals surface area contributed by atoms with E-state index in [0.29, 0.717) is 5.90 Å². The second-order valence-corrected chi connectivity index (χ2v) is 4.50. The number of rotatable bonds is 4. The van der Waals surface area contributed by atoms with Crippen molar-refractivity contribution in [1.82, 2.24) is 0 Å². The Labute approximate surface area is 98.9 Å². The predicted molar refractivity (Wildman–Crippen MR) is 65.9 cm³/mol. The molecule has 0 aromatic heterocycles. The number of thioether (sulfide) groups is 1. The fraction of sp³-hybridized carbons (Fsp3) is 0.333. The molecule has 84 valence electrons. The molecule has 0 N–H and O–H groups in total. The topological polar surface area (TPSA) is 38.7 Å². The summed E-state index contributed by atoms with van der Waals surface area (Å²) in [5.41, 5.74) is 0.863. The van der Waals surface area contributed by atoms with E-state index in [1.54, 1.807) is 11.8 Å². The first-order valence-corrected chi connectivity index (χ1v) is 6.54. The highest BCUT2D eigenvalue weighted by atomic mass is 32.2. The first-order valence-electron chi connectivity index (χ1n) is 5.15. The molecule has 16 heavy (non-hydrogen) atoms. The fourth-order valence-electron chi connectivity index (χ4n) is 1.51. The first-order chi connectivity index (χ1) is 7.81. The smallest absolute Gasteiger partial charge is 0.337 e. The van der Waals surface area contributed by atoms with Crippen LogP contribution in [0.1, 0.15) is 12.0 Å². The molecule has 0 unspecified atom stereocenters. The van der Waals surface area contributed by atoms with Crippen molar-refractivity contribution in [3.8, 4) is 0 Å². The summed E-state index contributed by atoms with van der Waals surface area (Å²) < 4.78 is 5.16. The highest BCUT2D eigenvalue weighted by Gasteiger charge is 2.28. The lowest BCUT2D eigenvalue weighted by Crippen LogP contribution is -2.15. The molecule has 4 heteroatoms. The molecule has 0 saturated heterocycles. The van der Waals surface area contributed by atoms with Crippen molar-refractivity contribution in [3.05, 3.63) is 35.9 Å². The summed E-state index contributed by atoms with van der Waals surface area (Å²) in [6, 6.07) is 9.20. The molecule has 1 aliphatic rings. The van der Waals surface area contributed by atoms with Crippen molar-refractivity contribution in [3.63, 3.8) is 0 Å². The number of benzene rings is 1. The maximum atomic E-state index is 11.5. The van der Waals surface area contributed by atoms with Gasteiger partial charge in [0, 0.05) is 5.56 Å². The van der Waals surface area contributed by atoms with Gasteiger partial charge in [-0.3, -0.25) is 0 Å². The number of aliphatic imine (C=N–C) groups is 1. The number of hydrogen-bond acceptors (Lipinski definition) is 4. The van der Waals surface area contributed by atoms with Gasteiger partial charge in [0.25, 0.3) is 0 Å². The summed E-state index contributed by atoms with van der Waals surface area (Å²) >= 11 is 1.71. The zero-order valence-electron chi connectivity index (χ0n) is 9.05. The van der Waals surface area contributed by atoms with Crippen LogP contribution in [0.4, 0.5) is 0 Å². The molecule has 1 aromatic carbocycles. The van der Waals surface area contributed by atoms with Gasteiger partial charge in [0.05, 0.1) is 0 Å². The Morgan fingerprint density at radius 3 is 2.81 bits per heavy atom. The van der Waals surface area contributed by atoms with Crippen LogP contribution in [0.3, 0.4) is 0 Å². The van der Waals surface area contributed by atoms with Crippen molar-refractivity contribution >= 4 is 23.6 Å². The van der Waals surface area contributed by atoms with Gasteiger partial charge in [0.15, 0.2) is 6.04 Å². The zero-order chi connectivity index (χ0) is 11.4. The Hall–Kier alpha value is -1.29. The van der Waals surface area contributed by atoms with Crippen LogP contribution in [0.15, 0.2) is 35.3 Å². The third-order valence-corrected chi connectivity index (χ3v) is 3.00. The molecule has 0 fully saturated rings. The second-order valence-electron chi connectivity index (χ2n) is 3.52. The Kier molecular flexibility index (Phi) is 3.62. The van der Waals surface area contributed by atoms with E-state index in [2.05, 4.69) is 4.99 Å². The summed E-state index contributed by atoms with van der Waals surface area (Å²) in [5.74, 6) is 1.15. The average Bonchev–Trinajstić information content (AvgIpc) is 2.69. The van der Waals surface area contributed by atoms with Gasteiger partial charge < -0.3 is 4.74 Å². The normalized spacial score (nSPS) is 19.4. The molecule has 1 atom stereocenters. The fourth-order valence-corrected chi connectivity index (χ4v) is 1.97. The van der Waals surface area contributed by atoms with Gasteiger partial charge >= 0.3 is 5.97 Å². The van der Waals surface area contributed by atoms with Crippen LogP contribution < -0.4 is 0 Å². The Bertz CT molecular complexity index is 403. The van der Waals surface area contributed by atoms with Crippen LogP contribution in [0, 0.1) is 0 Å². The molecule has 0 saturated carbocycles.